The lowest BCUT2D eigenvalue weighted by Gasteiger charge is -2.26. The molecule has 1 aliphatic heterocycles. The van der Waals surface area contributed by atoms with Crippen molar-refractivity contribution in [3.8, 4) is 23.3 Å². The van der Waals surface area contributed by atoms with Gasteiger partial charge in [-0.1, -0.05) is 6.07 Å². The fourth-order valence-corrected chi connectivity index (χ4v) is 3.82. The summed E-state index contributed by atoms with van der Waals surface area (Å²) in [7, 11) is 1.60. The number of rotatable bonds is 8. The predicted octanol–water partition coefficient (Wildman–Crippen LogP) is 3.97. The molecule has 172 valence electrons. The van der Waals surface area contributed by atoms with Gasteiger partial charge in [0, 0.05) is 49.0 Å². The predicted molar refractivity (Wildman–Crippen MR) is 127 cm³/mol. The van der Waals surface area contributed by atoms with Gasteiger partial charge in [-0.3, -0.25) is 9.88 Å². The number of aromatic nitrogens is 1. The number of pyridine rings is 1. The number of nitrogens with one attached hydrogen (secondary N) is 1. The standard InChI is InChI=1S/C25H28N4O4/c1-17-4-5-19(12-22(17)30)28-25-18(15-26)16-27-21-14-23(31-2)24(13-20(21)25)33-9-3-6-29-7-10-32-11-8-29/h4-5,12-14,16,30H,3,6-11H2,1-2H3,(H,27,28). The van der Waals surface area contributed by atoms with Gasteiger partial charge >= 0.3 is 0 Å². The van der Waals surface area contributed by atoms with Crippen LogP contribution < -0.4 is 14.8 Å². The average Bonchev–Trinajstić information content (AvgIpc) is 2.84. The molecule has 0 saturated carbocycles. The van der Waals surface area contributed by atoms with Crippen LogP contribution in [0.2, 0.25) is 0 Å². The molecule has 8 nitrogen and oxygen atoms in total. The van der Waals surface area contributed by atoms with Gasteiger partial charge < -0.3 is 24.6 Å². The first-order chi connectivity index (χ1) is 16.1. The third kappa shape index (κ3) is 5.28. The Balaban J connectivity index is 1.59. The molecular weight excluding hydrogens is 420 g/mol. The summed E-state index contributed by atoms with van der Waals surface area (Å²) in [5, 5.41) is 23.8. The molecule has 0 unspecified atom stereocenters. The number of ether oxygens (including phenoxy) is 3. The Morgan fingerprint density at radius 1 is 1.21 bits per heavy atom. The van der Waals surface area contributed by atoms with E-state index >= 15 is 0 Å². The number of morpholine rings is 1. The number of aryl methyl sites for hydroxylation is 1. The van der Waals surface area contributed by atoms with Crippen LogP contribution in [0, 0.1) is 18.3 Å². The second-order valence-corrected chi connectivity index (χ2v) is 7.96. The average molecular weight is 449 g/mol. The fraction of sp³-hybridized carbons (Fsp3) is 0.360. The van der Waals surface area contributed by atoms with Crippen LogP contribution in [0.25, 0.3) is 10.9 Å². The summed E-state index contributed by atoms with van der Waals surface area (Å²) in [6.07, 6.45) is 2.41. The summed E-state index contributed by atoms with van der Waals surface area (Å²) in [6.45, 7) is 6.78. The molecule has 1 saturated heterocycles. The number of nitriles is 1. The van der Waals surface area contributed by atoms with E-state index < -0.39 is 0 Å². The van der Waals surface area contributed by atoms with Gasteiger partial charge in [0.05, 0.1) is 43.7 Å². The summed E-state index contributed by atoms with van der Waals surface area (Å²) in [4.78, 5) is 6.80. The molecule has 0 aliphatic carbocycles. The number of anilines is 2. The molecule has 0 spiro atoms. The molecule has 2 N–H and O–H groups in total. The van der Waals surface area contributed by atoms with Crippen LogP contribution in [0.5, 0.6) is 17.2 Å². The van der Waals surface area contributed by atoms with Crippen LogP contribution in [0.15, 0.2) is 36.5 Å². The maximum atomic E-state index is 10.1. The van der Waals surface area contributed by atoms with Crippen LogP contribution in [0.3, 0.4) is 0 Å². The van der Waals surface area contributed by atoms with Crippen molar-refractivity contribution in [1.82, 2.24) is 9.88 Å². The van der Waals surface area contributed by atoms with Gasteiger partial charge in [0.25, 0.3) is 0 Å². The summed E-state index contributed by atoms with van der Waals surface area (Å²) < 4.78 is 17.0. The molecule has 2 aromatic carbocycles. The molecule has 0 atom stereocenters. The highest BCUT2D eigenvalue weighted by atomic mass is 16.5. The van der Waals surface area contributed by atoms with Crippen molar-refractivity contribution < 1.29 is 19.3 Å². The maximum absolute atomic E-state index is 10.1. The Labute approximate surface area is 193 Å². The molecule has 0 amide bonds. The Bertz CT molecular complexity index is 1170. The molecule has 8 heteroatoms. The minimum absolute atomic E-state index is 0.183. The molecule has 0 bridgehead atoms. The molecular formula is C25H28N4O4. The number of methoxy groups -OCH3 is 1. The highest BCUT2D eigenvalue weighted by Gasteiger charge is 2.15. The molecule has 33 heavy (non-hydrogen) atoms. The van der Waals surface area contributed by atoms with Crippen LogP contribution in [0.4, 0.5) is 11.4 Å². The molecule has 2 heterocycles. The van der Waals surface area contributed by atoms with Gasteiger partial charge in [-0.05, 0) is 31.0 Å². The van der Waals surface area contributed by atoms with Gasteiger partial charge in [-0.2, -0.15) is 5.26 Å². The Morgan fingerprint density at radius 3 is 2.76 bits per heavy atom. The highest BCUT2D eigenvalue weighted by molar-refractivity contribution is 5.97. The van der Waals surface area contributed by atoms with Gasteiger partial charge in [-0.25, -0.2) is 0 Å². The third-order valence-corrected chi connectivity index (χ3v) is 5.73. The lowest BCUT2D eigenvalue weighted by Crippen LogP contribution is -2.37. The normalized spacial score (nSPS) is 14.1. The Hall–Kier alpha value is -3.54. The van der Waals surface area contributed by atoms with E-state index in [2.05, 4.69) is 21.3 Å². The van der Waals surface area contributed by atoms with Crippen molar-refractivity contribution >= 4 is 22.3 Å². The number of benzene rings is 2. The first kappa shape index (κ1) is 22.6. The summed E-state index contributed by atoms with van der Waals surface area (Å²) in [6, 6.07) is 11.2. The summed E-state index contributed by atoms with van der Waals surface area (Å²) in [5.41, 5.74) is 3.12. The lowest BCUT2D eigenvalue weighted by atomic mass is 10.1. The molecule has 1 aliphatic rings. The maximum Gasteiger partial charge on any atom is 0.162 e. The van der Waals surface area contributed by atoms with E-state index in [0.717, 1.165) is 50.2 Å². The molecule has 0 radical (unpaired) electrons. The number of aromatic hydroxyl groups is 1. The Morgan fingerprint density at radius 2 is 2.03 bits per heavy atom. The number of hydrogen-bond acceptors (Lipinski definition) is 8. The van der Waals surface area contributed by atoms with Crippen molar-refractivity contribution in [1.29, 1.82) is 5.26 Å². The first-order valence-electron chi connectivity index (χ1n) is 11.0. The SMILES string of the molecule is COc1cc2ncc(C#N)c(Nc3ccc(C)c(O)c3)c2cc1OCCCN1CCOCC1. The van der Waals surface area contributed by atoms with E-state index in [1.54, 1.807) is 13.2 Å². The second kappa shape index (κ2) is 10.4. The van der Waals surface area contributed by atoms with Crippen LogP contribution in [-0.4, -0.2) is 61.6 Å². The number of hydrogen-bond donors (Lipinski definition) is 2. The number of phenolic OH excluding ortho intramolecular Hbond substituents is 1. The number of phenols is 1. The monoisotopic (exact) mass is 448 g/mol. The van der Waals surface area contributed by atoms with Crippen LogP contribution in [0.1, 0.15) is 17.5 Å². The van der Waals surface area contributed by atoms with Crippen molar-refractivity contribution in [2.75, 3.05) is 51.9 Å². The lowest BCUT2D eigenvalue weighted by molar-refractivity contribution is 0.0357. The minimum Gasteiger partial charge on any atom is -0.508 e. The quantitative estimate of drug-likeness (QED) is 0.499. The molecule has 1 fully saturated rings. The molecule has 1 aromatic heterocycles. The van der Waals surface area contributed by atoms with E-state index in [4.69, 9.17) is 14.2 Å². The van der Waals surface area contributed by atoms with E-state index in [0.29, 0.717) is 40.6 Å². The van der Waals surface area contributed by atoms with Crippen molar-refractivity contribution in [2.24, 2.45) is 0 Å². The molecule has 4 rings (SSSR count). The Kier molecular flexibility index (Phi) is 7.13. The zero-order valence-electron chi connectivity index (χ0n) is 18.9. The molecule has 3 aromatic rings. The largest absolute Gasteiger partial charge is 0.508 e. The van der Waals surface area contributed by atoms with Crippen molar-refractivity contribution in [3.05, 3.63) is 47.7 Å². The zero-order valence-corrected chi connectivity index (χ0v) is 18.9. The summed E-state index contributed by atoms with van der Waals surface area (Å²) in [5.74, 6) is 1.37. The third-order valence-electron chi connectivity index (χ3n) is 5.73. The van der Waals surface area contributed by atoms with Gasteiger partial charge in [0.1, 0.15) is 11.8 Å². The van der Waals surface area contributed by atoms with E-state index in [-0.39, 0.29) is 5.75 Å². The van der Waals surface area contributed by atoms with Crippen LogP contribution in [-0.2, 0) is 4.74 Å². The fourth-order valence-electron chi connectivity index (χ4n) is 3.82. The van der Waals surface area contributed by atoms with Gasteiger partial charge in [-0.15, -0.1) is 0 Å². The van der Waals surface area contributed by atoms with Crippen LogP contribution >= 0.6 is 0 Å². The van der Waals surface area contributed by atoms with E-state index in [9.17, 15) is 10.4 Å². The second-order valence-electron chi connectivity index (χ2n) is 7.96. The first-order valence-corrected chi connectivity index (χ1v) is 11.0. The van der Waals surface area contributed by atoms with E-state index in [1.165, 1.54) is 6.20 Å². The topological polar surface area (TPSA) is 99.9 Å². The van der Waals surface area contributed by atoms with E-state index in [1.807, 2.05) is 31.2 Å². The number of fused-ring (bicyclic) bond motifs is 1. The summed E-state index contributed by atoms with van der Waals surface area (Å²) >= 11 is 0. The minimum atomic E-state index is 0.183. The number of nitrogens with zero attached hydrogens (tertiary/aromatic N) is 3. The smallest absolute Gasteiger partial charge is 0.162 e. The van der Waals surface area contributed by atoms with Gasteiger partial charge in [0.15, 0.2) is 11.5 Å². The highest BCUT2D eigenvalue weighted by Crippen LogP contribution is 2.37. The van der Waals surface area contributed by atoms with Crippen molar-refractivity contribution in [2.45, 2.75) is 13.3 Å². The van der Waals surface area contributed by atoms with Crippen molar-refractivity contribution in [3.63, 3.8) is 0 Å². The zero-order chi connectivity index (χ0) is 23.2. The van der Waals surface area contributed by atoms with Gasteiger partial charge in [0.2, 0.25) is 0 Å².